The molecule has 0 aliphatic rings. The largest absolute Gasteiger partial charge is 0.315 e. The Kier molecular flexibility index (Phi) is 4.57. The lowest BCUT2D eigenvalue weighted by Gasteiger charge is -2.07. The Morgan fingerprint density at radius 3 is 2.68 bits per heavy atom. The Morgan fingerprint density at radius 2 is 2.00 bits per heavy atom. The third-order valence-electron chi connectivity index (χ3n) is 2.77. The van der Waals surface area contributed by atoms with E-state index in [1.165, 1.54) is 11.3 Å². The van der Waals surface area contributed by atoms with Gasteiger partial charge in [0, 0.05) is 28.1 Å². The zero-order chi connectivity index (χ0) is 13.9. The SMILES string of the molecule is CCCNS(=O)(=O)c1c(CNC)sc2ccccc12. The molecule has 0 atom stereocenters. The summed E-state index contributed by atoms with van der Waals surface area (Å²) in [6, 6.07) is 7.62. The van der Waals surface area contributed by atoms with Crippen LogP contribution in [0.25, 0.3) is 10.1 Å². The van der Waals surface area contributed by atoms with Gasteiger partial charge in [0.2, 0.25) is 10.0 Å². The molecule has 2 N–H and O–H groups in total. The summed E-state index contributed by atoms with van der Waals surface area (Å²) >= 11 is 1.53. The molecule has 0 spiro atoms. The summed E-state index contributed by atoms with van der Waals surface area (Å²) in [4.78, 5) is 1.28. The minimum absolute atomic E-state index is 0.427. The second kappa shape index (κ2) is 6.00. The highest BCUT2D eigenvalue weighted by molar-refractivity contribution is 7.90. The Bertz CT molecular complexity index is 662. The minimum atomic E-state index is -3.44. The van der Waals surface area contributed by atoms with Gasteiger partial charge >= 0.3 is 0 Å². The molecule has 1 aromatic heterocycles. The first-order chi connectivity index (χ1) is 9.10. The van der Waals surface area contributed by atoms with Crippen molar-refractivity contribution < 1.29 is 8.42 Å². The van der Waals surface area contributed by atoms with E-state index in [0.29, 0.717) is 18.0 Å². The highest BCUT2D eigenvalue weighted by Crippen LogP contribution is 2.34. The fourth-order valence-electron chi connectivity index (χ4n) is 1.95. The van der Waals surface area contributed by atoms with Crippen molar-refractivity contribution in [3.63, 3.8) is 0 Å². The van der Waals surface area contributed by atoms with Gasteiger partial charge in [-0.3, -0.25) is 0 Å². The van der Waals surface area contributed by atoms with Gasteiger partial charge in [0.25, 0.3) is 0 Å². The molecule has 0 saturated heterocycles. The van der Waals surface area contributed by atoms with Crippen molar-refractivity contribution in [3.8, 4) is 0 Å². The molecule has 19 heavy (non-hydrogen) atoms. The van der Waals surface area contributed by atoms with E-state index in [1.54, 1.807) is 0 Å². The number of nitrogens with one attached hydrogen (secondary N) is 2. The van der Waals surface area contributed by atoms with Crippen LogP contribution in [-0.4, -0.2) is 22.0 Å². The lowest BCUT2D eigenvalue weighted by atomic mass is 10.2. The van der Waals surface area contributed by atoms with E-state index in [1.807, 2.05) is 38.2 Å². The molecule has 0 aliphatic carbocycles. The first kappa shape index (κ1) is 14.5. The van der Waals surface area contributed by atoms with Crippen molar-refractivity contribution >= 4 is 31.4 Å². The van der Waals surface area contributed by atoms with Crippen LogP contribution in [0.4, 0.5) is 0 Å². The molecule has 0 saturated carbocycles. The third kappa shape index (κ3) is 2.97. The second-order valence-corrected chi connectivity index (χ2v) is 7.12. The van der Waals surface area contributed by atoms with Crippen LogP contribution < -0.4 is 10.0 Å². The van der Waals surface area contributed by atoms with Gasteiger partial charge in [-0.1, -0.05) is 25.1 Å². The number of benzene rings is 1. The second-order valence-electron chi connectivity index (χ2n) is 4.28. The van der Waals surface area contributed by atoms with Crippen molar-refractivity contribution in [3.05, 3.63) is 29.1 Å². The molecule has 104 valence electrons. The summed E-state index contributed by atoms with van der Waals surface area (Å²) in [6.07, 6.45) is 0.780. The number of rotatable bonds is 6. The Morgan fingerprint density at radius 1 is 1.26 bits per heavy atom. The summed E-state index contributed by atoms with van der Waals surface area (Å²) in [5.74, 6) is 0. The lowest BCUT2D eigenvalue weighted by molar-refractivity contribution is 0.580. The Labute approximate surface area is 117 Å². The average Bonchev–Trinajstić information content (AvgIpc) is 2.75. The Balaban J connectivity index is 2.59. The van der Waals surface area contributed by atoms with Gasteiger partial charge in [0.1, 0.15) is 4.90 Å². The van der Waals surface area contributed by atoms with Crippen molar-refractivity contribution in [2.45, 2.75) is 24.8 Å². The molecule has 0 bridgehead atoms. The van der Waals surface area contributed by atoms with Crippen LogP contribution in [-0.2, 0) is 16.6 Å². The van der Waals surface area contributed by atoms with Crippen molar-refractivity contribution in [1.29, 1.82) is 0 Å². The minimum Gasteiger partial charge on any atom is -0.315 e. The predicted octanol–water partition coefficient (Wildman–Crippen LogP) is 2.31. The first-order valence-corrected chi connectivity index (χ1v) is 8.54. The highest BCUT2D eigenvalue weighted by Gasteiger charge is 2.23. The molecule has 4 nitrogen and oxygen atoms in total. The zero-order valence-electron chi connectivity index (χ0n) is 11.1. The number of hydrogen-bond acceptors (Lipinski definition) is 4. The van der Waals surface area contributed by atoms with Gasteiger partial charge in [0.05, 0.1) is 0 Å². The van der Waals surface area contributed by atoms with E-state index >= 15 is 0 Å². The van der Waals surface area contributed by atoms with E-state index in [9.17, 15) is 8.42 Å². The van der Waals surface area contributed by atoms with Crippen LogP contribution in [0.3, 0.4) is 0 Å². The molecule has 0 unspecified atom stereocenters. The maximum Gasteiger partial charge on any atom is 0.242 e. The molecular weight excluding hydrogens is 280 g/mol. The van der Waals surface area contributed by atoms with E-state index < -0.39 is 10.0 Å². The quantitative estimate of drug-likeness (QED) is 0.860. The smallest absolute Gasteiger partial charge is 0.242 e. The molecule has 2 rings (SSSR count). The summed E-state index contributed by atoms with van der Waals surface area (Å²) in [5, 5.41) is 3.84. The van der Waals surface area contributed by atoms with Crippen molar-refractivity contribution in [1.82, 2.24) is 10.0 Å². The molecule has 2 aromatic rings. The number of fused-ring (bicyclic) bond motifs is 1. The Hall–Kier alpha value is -0.950. The van der Waals surface area contributed by atoms with Crippen LogP contribution in [0.2, 0.25) is 0 Å². The first-order valence-electron chi connectivity index (χ1n) is 6.24. The summed E-state index contributed by atoms with van der Waals surface area (Å²) in [7, 11) is -1.62. The van der Waals surface area contributed by atoms with Gasteiger partial charge in [-0.2, -0.15) is 0 Å². The highest BCUT2D eigenvalue weighted by atomic mass is 32.2. The molecule has 0 aliphatic heterocycles. The normalized spacial score (nSPS) is 12.1. The van der Waals surface area contributed by atoms with Crippen molar-refractivity contribution in [2.24, 2.45) is 0 Å². The number of thiophene rings is 1. The fraction of sp³-hybridized carbons (Fsp3) is 0.385. The molecule has 0 fully saturated rings. The number of hydrogen-bond donors (Lipinski definition) is 2. The van der Waals surface area contributed by atoms with Crippen LogP contribution in [0.1, 0.15) is 18.2 Å². The lowest BCUT2D eigenvalue weighted by Crippen LogP contribution is -2.25. The van der Waals surface area contributed by atoms with Crippen molar-refractivity contribution in [2.75, 3.05) is 13.6 Å². The fourth-order valence-corrected chi connectivity index (χ4v) is 5.04. The van der Waals surface area contributed by atoms with Gasteiger partial charge in [-0.25, -0.2) is 13.1 Å². The maximum absolute atomic E-state index is 12.4. The van der Waals surface area contributed by atoms with Gasteiger partial charge in [-0.05, 0) is 19.5 Å². The average molecular weight is 298 g/mol. The number of sulfonamides is 1. The monoisotopic (exact) mass is 298 g/mol. The van der Waals surface area contributed by atoms with Crippen LogP contribution in [0.15, 0.2) is 29.2 Å². The summed E-state index contributed by atoms with van der Waals surface area (Å²) in [5.41, 5.74) is 0. The van der Waals surface area contributed by atoms with Crippen LogP contribution in [0.5, 0.6) is 0 Å². The predicted molar refractivity (Wildman–Crippen MR) is 80.1 cm³/mol. The van der Waals surface area contributed by atoms with Gasteiger partial charge < -0.3 is 5.32 Å². The van der Waals surface area contributed by atoms with Gasteiger partial charge in [0.15, 0.2) is 0 Å². The van der Waals surface area contributed by atoms with Crippen LogP contribution in [0, 0.1) is 0 Å². The summed E-state index contributed by atoms with van der Waals surface area (Å²) < 4.78 is 28.5. The topological polar surface area (TPSA) is 58.2 Å². The van der Waals surface area contributed by atoms with E-state index in [0.717, 1.165) is 21.4 Å². The van der Waals surface area contributed by atoms with Gasteiger partial charge in [-0.15, -0.1) is 11.3 Å². The zero-order valence-corrected chi connectivity index (χ0v) is 12.7. The summed E-state index contributed by atoms with van der Waals surface area (Å²) in [6.45, 7) is 2.97. The van der Waals surface area contributed by atoms with E-state index in [2.05, 4.69) is 10.0 Å². The third-order valence-corrected chi connectivity index (χ3v) is 5.65. The standard InChI is InChI=1S/C13H18N2O2S2/c1-3-8-15-19(16,17)13-10-6-4-5-7-11(10)18-12(13)9-14-2/h4-7,14-15H,3,8-9H2,1-2H3. The molecule has 0 amide bonds. The molecule has 0 radical (unpaired) electrons. The molecule has 1 aromatic carbocycles. The maximum atomic E-state index is 12.4. The van der Waals surface area contributed by atoms with E-state index in [-0.39, 0.29) is 0 Å². The molecule has 6 heteroatoms. The molecular formula is C13H18N2O2S2. The van der Waals surface area contributed by atoms with E-state index in [4.69, 9.17) is 0 Å². The van der Waals surface area contributed by atoms with Crippen LogP contribution >= 0.6 is 11.3 Å². The molecule has 1 heterocycles.